The number of halogens is 1. The van der Waals surface area contributed by atoms with Crippen LogP contribution in [0.1, 0.15) is 24.8 Å². The lowest BCUT2D eigenvalue weighted by atomic mass is 10.1. The maximum Gasteiger partial charge on any atom is 0.269 e. The second kappa shape index (κ2) is 8.48. The molecule has 1 aromatic rings. The lowest BCUT2D eigenvalue weighted by Crippen LogP contribution is -2.25. The third-order valence-electron chi connectivity index (χ3n) is 2.67. The molecule has 0 bridgehead atoms. The average molecular weight is 285 g/mol. The molecule has 0 heterocycles. The molecule has 0 aliphatic rings. The van der Waals surface area contributed by atoms with Crippen LogP contribution >= 0.6 is 11.6 Å². The number of carbonyl (C=O) groups excluding carboxylic acids is 1. The van der Waals surface area contributed by atoms with Crippen molar-refractivity contribution >= 4 is 23.2 Å². The molecule has 0 aromatic heterocycles. The van der Waals surface area contributed by atoms with Crippen molar-refractivity contribution in [2.75, 3.05) is 12.4 Å². The van der Waals surface area contributed by atoms with E-state index in [0.29, 0.717) is 25.3 Å². The molecule has 0 saturated carbocycles. The molecule has 5 nitrogen and oxygen atoms in total. The Kier molecular flexibility index (Phi) is 6.89. The number of nitrogens with zero attached hydrogens (tertiary/aromatic N) is 1. The fraction of sp³-hybridized carbons (Fsp3) is 0.462. The van der Waals surface area contributed by atoms with Crippen LogP contribution in [0.4, 0.5) is 5.69 Å². The highest BCUT2D eigenvalue weighted by Crippen LogP contribution is 2.11. The van der Waals surface area contributed by atoms with Crippen LogP contribution < -0.4 is 5.32 Å². The third-order valence-corrected chi connectivity index (χ3v) is 2.94. The Morgan fingerprint density at radius 2 is 1.95 bits per heavy atom. The molecule has 0 aliphatic carbocycles. The van der Waals surface area contributed by atoms with Gasteiger partial charge in [-0.15, -0.1) is 11.6 Å². The predicted molar refractivity (Wildman–Crippen MR) is 74.4 cm³/mol. The largest absolute Gasteiger partial charge is 0.356 e. The predicted octanol–water partition coefficient (Wildman–Crippen LogP) is 2.66. The highest BCUT2D eigenvalue weighted by molar-refractivity contribution is 6.17. The summed E-state index contributed by atoms with van der Waals surface area (Å²) in [5.41, 5.74) is 1.04. The Labute approximate surface area is 117 Å². The Balaban J connectivity index is 2.25. The lowest BCUT2D eigenvalue weighted by molar-refractivity contribution is -0.384. The van der Waals surface area contributed by atoms with E-state index < -0.39 is 4.92 Å². The molecule has 19 heavy (non-hydrogen) atoms. The first-order valence-electron chi connectivity index (χ1n) is 6.19. The van der Waals surface area contributed by atoms with E-state index in [1.54, 1.807) is 12.1 Å². The Morgan fingerprint density at radius 1 is 1.26 bits per heavy atom. The minimum Gasteiger partial charge on any atom is -0.356 e. The number of nitrogens with one attached hydrogen (secondary N) is 1. The van der Waals surface area contributed by atoms with Crippen LogP contribution in [-0.4, -0.2) is 23.3 Å². The number of hydrogen-bond acceptors (Lipinski definition) is 3. The standard InChI is InChI=1S/C13H17ClN2O3/c14-9-2-1-3-13(17)15-10-8-11-4-6-12(7-5-11)16(18)19/h4-7H,1-3,8-10H2,(H,15,17). The zero-order valence-corrected chi connectivity index (χ0v) is 11.4. The second-order valence-electron chi connectivity index (χ2n) is 4.17. The molecular weight excluding hydrogens is 268 g/mol. The van der Waals surface area contributed by atoms with Gasteiger partial charge in [0.25, 0.3) is 5.69 Å². The van der Waals surface area contributed by atoms with E-state index >= 15 is 0 Å². The molecule has 0 unspecified atom stereocenters. The molecule has 0 saturated heterocycles. The minimum atomic E-state index is -0.428. The van der Waals surface area contributed by atoms with Gasteiger partial charge in [0.05, 0.1) is 4.92 Å². The number of rotatable bonds is 8. The van der Waals surface area contributed by atoms with Crippen LogP contribution in [0.25, 0.3) is 0 Å². The molecule has 0 fully saturated rings. The fourth-order valence-corrected chi connectivity index (χ4v) is 1.79. The van der Waals surface area contributed by atoms with Crippen molar-refractivity contribution in [1.29, 1.82) is 0 Å². The molecule has 0 atom stereocenters. The van der Waals surface area contributed by atoms with Crippen molar-refractivity contribution in [2.24, 2.45) is 0 Å². The number of benzene rings is 1. The van der Waals surface area contributed by atoms with Gasteiger partial charge in [0, 0.05) is 31.0 Å². The summed E-state index contributed by atoms with van der Waals surface area (Å²) in [7, 11) is 0. The van der Waals surface area contributed by atoms with E-state index in [1.807, 2.05) is 0 Å². The van der Waals surface area contributed by atoms with E-state index in [4.69, 9.17) is 11.6 Å². The smallest absolute Gasteiger partial charge is 0.269 e. The van der Waals surface area contributed by atoms with Gasteiger partial charge in [-0.25, -0.2) is 0 Å². The first-order chi connectivity index (χ1) is 9.13. The van der Waals surface area contributed by atoms with Gasteiger partial charge in [-0.2, -0.15) is 0 Å². The molecule has 1 amide bonds. The number of non-ortho nitro benzene ring substituents is 1. The van der Waals surface area contributed by atoms with E-state index in [9.17, 15) is 14.9 Å². The van der Waals surface area contributed by atoms with Crippen molar-refractivity contribution in [3.8, 4) is 0 Å². The van der Waals surface area contributed by atoms with Crippen molar-refractivity contribution < 1.29 is 9.72 Å². The van der Waals surface area contributed by atoms with Crippen molar-refractivity contribution in [2.45, 2.75) is 25.7 Å². The number of amides is 1. The molecule has 0 aliphatic heterocycles. The van der Waals surface area contributed by atoms with Gasteiger partial charge >= 0.3 is 0 Å². The molecule has 104 valence electrons. The quantitative estimate of drug-likeness (QED) is 0.345. The summed E-state index contributed by atoms with van der Waals surface area (Å²) < 4.78 is 0. The zero-order valence-electron chi connectivity index (χ0n) is 10.6. The van der Waals surface area contributed by atoms with Gasteiger partial charge in [0.1, 0.15) is 0 Å². The first kappa shape index (κ1) is 15.4. The molecule has 1 aromatic carbocycles. The molecule has 0 radical (unpaired) electrons. The van der Waals surface area contributed by atoms with Crippen LogP contribution in [0.2, 0.25) is 0 Å². The number of alkyl halides is 1. The summed E-state index contributed by atoms with van der Waals surface area (Å²) in [4.78, 5) is 21.5. The normalized spacial score (nSPS) is 10.2. The SMILES string of the molecule is O=C(CCCCCl)NCCc1ccc([N+](=O)[O-])cc1. The molecule has 6 heteroatoms. The van der Waals surface area contributed by atoms with Gasteiger partial charge in [0.2, 0.25) is 5.91 Å². The second-order valence-corrected chi connectivity index (χ2v) is 4.55. The molecular formula is C13H17ClN2O3. The molecule has 0 spiro atoms. The fourth-order valence-electron chi connectivity index (χ4n) is 1.60. The number of nitro benzene ring substituents is 1. The van der Waals surface area contributed by atoms with Crippen LogP contribution in [0.3, 0.4) is 0 Å². The maximum atomic E-state index is 11.4. The highest BCUT2D eigenvalue weighted by atomic mass is 35.5. The third kappa shape index (κ3) is 6.20. The van der Waals surface area contributed by atoms with Crippen LogP contribution in [0.5, 0.6) is 0 Å². The van der Waals surface area contributed by atoms with E-state index in [2.05, 4.69) is 5.32 Å². The topological polar surface area (TPSA) is 72.2 Å². The summed E-state index contributed by atoms with van der Waals surface area (Å²) in [6.45, 7) is 0.539. The summed E-state index contributed by atoms with van der Waals surface area (Å²) in [5.74, 6) is 0.600. The minimum absolute atomic E-state index is 0.0204. The Morgan fingerprint density at radius 3 is 2.53 bits per heavy atom. The number of nitro groups is 1. The van der Waals surface area contributed by atoms with E-state index in [0.717, 1.165) is 18.4 Å². The highest BCUT2D eigenvalue weighted by Gasteiger charge is 2.04. The van der Waals surface area contributed by atoms with E-state index in [1.165, 1.54) is 12.1 Å². The van der Waals surface area contributed by atoms with E-state index in [-0.39, 0.29) is 11.6 Å². The van der Waals surface area contributed by atoms with Crippen molar-refractivity contribution in [3.05, 3.63) is 39.9 Å². The molecule has 1 rings (SSSR count). The Hall–Kier alpha value is -1.62. The number of hydrogen-bond donors (Lipinski definition) is 1. The maximum absolute atomic E-state index is 11.4. The summed E-state index contributed by atoms with van der Waals surface area (Å²) in [6, 6.07) is 6.35. The van der Waals surface area contributed by atoms with Gasteiger partial charge in [-0.3, -0.25) is 14.9 Å². The van der Waals surface area contributed by atoms with Gasteiger partial charge in [0.15, 0.2) is 0 Å². The summed E-state index contributed by atoms with van der Waals surface area (Å²) in [5, 5.41) is 13.3. The van der Waals surface area contributed by atoms with Gasteiger partial charge in [-0.1, -0.05) is 12.1 Å². The van der Waals surface area contributed by atoms with Crippen LogP contribution in [0, 0.1) is 10.1 Å². The summed E-state index contributed by atoms with van der Waals surface area (Å²) in [6.07, 6.45) is 2.80. The van der Waals surface area contributed by atoms with Gasteiger partial charge in [-0.05, 0) is 24.8 Å². The van der Waals surface area contributed by atoms with Crippen molar-refractivity contribution in [1.82, 2.24) is 5.32 Å². The molecule has 1 N–H and O–H groups in total. The van der Waals surface area contributed by atoms with Crippen LogP contribution in [-0.2, 0) is 11.2 Å². The summed E-state index contributed by atoms with van der Waals surface area (Å²) >= 11 is 5.52. The van der Waals surface area contributed by atoms with Crippen molar-refractivity contribution in [3.63, 3.8) is 0 Å². The average Bonchev–Trinajstić information content (AvgIpc) is 2.39. The first-order valence-corrected chi connectivity index (χ1v) is 6.73. The van der Waals surface area contributed by atoms with Crippen LogP contribution in [0.15, 0.2) is 24.3 Å². The van der Waals surface area contributed by atoms with Gasteiger partial charge < -0.3 is 5.32 Å². The monoisotopic (exact) mass is 284 g/mol. The Bertz CT molecular complexity index is 420. The zero-order chi connectivity index (χ0) is 14.1. The number of carbonyl (C=O) groups is 1. The number of unbranched alkanes of at least 4 members (excludes halogenated alkanes) is 1. The lowest BCUT2D eigenvalue weighted by Gasteiger charge is -2.05.